The monoisotopic (exact) mass is 400 g/mol. The number of carbonyl (C=O) groups excluding carboxylic acids is 3. The van der Waals surface area contributed by atoms with E-state index in [0.29, 0.717) is 5.69 Å². The Hall–Kier alpha value is -3.22. The summed E-state index contributed by atoms with van der Waals surface area (Å²) in [6, 6.07) is 14.5. The molecule has 154 valence electrons. The Labute approximate surface area is 169 Å². The van der Waals surface area contributed by atoms with Crippen LogP contribution in [0.4, 0.5) is 10.1 Å². The molecule has 7 heteroatoms. The van der Waals surface area contributed by atoms with Crippen LogP contribution in [-0.4, -0.2) is 30.9 Å². The fraction of sp³-hybridized carbons (Fsp3) is 0.318. The SMILES string of the molecule is CC[C@H](C)[C@H](C(=O)OCC(=O)NCC(=O)Nc1ccc(F)cc1)c1ccccc1. The summed E-state index contributed by atoms with van der Waals surface area (Å²) < 4.78 is 18.0. The zero-order chi connectivity index (χ0) is 21.2. The lowest BCUT2D eigenvalue weighted by Gasteiger charge is -2.21. The van der Waals surface area contributed by atoms with Crippen LogP contribution < -0.4 is 10.6 Å². The second-order valence-electron chi connectivity index (χ2n) is 6.71. The molecule has 29 heavy (non-hydrogen) atoms. The maximum atomic E-state index is 12.9. The molecule has 0 aliphatic carbocycles. The van der Waals surface area contributed by atoms with Gasteiger partial charge in [0.2, 0.25) is 5.91 Å². The van der Waals surface area contributed by atoms with Crippen LogP contribution in [0.25, 0.3) is 0 Å². The molecule has 0 aromatic heterocycles. The van der Waals surface area contributed by atoms with Crippen LogP contribution in [0.5, 0.6) is 0 Å². The van der Waals surface area contributed by atoms with Gasteiger partial charge in [-0.25, -0.2) is 4.39 Å². The summed E-state index contributed by atoms with van der Waals surface area (Å²) in [4.78, 5) is 36.3. The van der Waals surface area contributed by atoms with Crippen LogP contribution in [-0.2, 0) is 19.1 Å². The fourth-order valence-corrected chi connectivity index (χ4v) is 2.79. The highest BCUT2D eigenvalue weighted by atomic mass is 19.1. The summed E-state index contributed by atoms with van der Waals surface area (Å²) in [6.45, 7) is 3.18. The number of rotatable bonds is 9. The third-order valence-corrected chi connectivity index (χ3v) is 4.55. The summed E-state index contributed by atoms with van der Waals surface area (Å²) in [5, 5.41) is 4.91. The predicted molar refractivity (Wildman–Crippen MR) is 108 cm³/mol. The normalized spacial score (nSPS) is 12.5. The highest BCUT2D eigenvalue weighted by Crippen LogP contribution is 2.28. The van der Waals surface area contributed by atoms with Gasteiger partial charge in [0.15, 0.2) is 6.61 Å². The number of nitrogens with one attached hydrogen (secondary N) is 2. The van der Waals surface area contributed by atoms with Crippen molar-refractivity contribution in [1.82, 2.24) is 5.32 Å². The van der Waals surface area contributed by atoms with Crippen LogP contribution in [0, 0.1) is 11.7 Å². The molecule has 0 bridgehead atoms. The molecule has 0 spiro atoms. The second kappa shape index (κ2) is 10.9. The van der Waals surface area contributed by atoms with E-state index in [1.165, 1.54) is 24.3 Å². The van der Waals surface area contributed by atoms with Gasteiger partial charge in [0.1, 0.15) is 5.82 Å². The molecule has 2 aromatic carbocycles. The van der Waals surface area contributed by atoms with Gasteiger partial charge < -0.3 is 15.4 Å². The number of hydrogen-bond donors (Lipinski definition) is 2. The molecule has 0 saturated carbocycles. The van der Waals surface area contributed by atoms with E-state index in [0.717, 1.165) is 12.0 Å². The highest BCUT2D eigenvalue weighted by molar-refractivity contribution is 5.94. The molecule has 0 unspecified atom stereocenters. The van der Waals surface area contributed by atoms with Crippen molar-refractivity contribution in [1.29, 1.82) is 0 Å². The predicted octanol–water partition coefficient (Wildman–Crippen LogP) is 3.25. The minimum atomic E-state index is -0.580. The van der Waals surface area contributed by atoms with Crippen molar-refractivity contribution in [2.45, 2.75) is 26.2 Å². The standard InChI is InChI=1S/C22H25FN2O4/c1-3-15(2)21(16-7-5-4-6-8-16)22(28)29-14-20(27)24-13-19(26)25-18-11-9-17(23)10-12-18/h4-12,15,21H,3,13-14H2,1-2H3,(H,24,27)(H,25,26)/t15-,21-/m0/s1. The van der Waals surface area contributed by atoms with E-state index in [-0.39, 0.29) is 12.5 Å². The highest BCUT2D eigenvalue weighted by Gasteiger charge is 2.27. The average molecular weight is 400 g/mol. The number of anilines is 1. The van der Waals surface area contributed by atoms with E-state index in [2.05, 4.69) is 10.6 Å². The Balaban J connectivity index is 1.81. The van der Waals surface area contributed by atoms with E-state index in [1.807, 2.05) is 44.2 Å². The Bertz CT molecular complexity index is 824. The van der Waals surface area contributed by atoms with Crippen LogP contribution >= 0.6 is 0 Å². The Kier molecular flexibility index (Phi) is 8.33. The van der Waals surface area contributed by atoms with Crippen molar-refractivity contribution in [3.8, 4) is 0 Å². The first-order chi connectivity index (χ1) is 13.9. The summed E-state index contributed by atoms with van der Waals surface area (Å²) >= 11 is 0. The number of esters is 1. The van der Waals surface area contributed by atoms with Crippen molar-refractivity contribution in [3.05, 3.63) is 66.0 Å². The van der Waals surface area contributed by atoms with Gasteiger partial charge in [0.05, 0.1) is 12.5 Å². The first-order valence-electron chi connectivity index (χ1n) is 9.44. The number of benzene rings is 2. The van der Waals surface area contributed by atoms with Gasteiger partial charge in [0, 0.05) is 5.69 Å². The largest absolute Gasteiger partial charge is 0.455 e. The summed E-state index contributed by atoms with van der Waals surface area (Å²) in [7, 11) is 0. The lowest BCUT2D eigenvalue weighted by atomic mass is 9.86. The number of hydrogen-bond acceptors (Lipinski definition) is 4. The third kappa shape index (κ3) is 7.03. The summed E-state index contributed by atoms with van der Waals surface area (Å²) in [5.41, 5.74) is 1.25. The lowest BCUT2D eigenvalue weighted by molar-refractivity contribution is -0.151. The van der Waals surface area contributed by atoms with E-state index in [9.17, 15) is 18.8 Å². The zero-order valence-electron chi connectivity index (χ0n) is 16.5. The lowest BCUT2D eigenvalue weighted by Crippen LogP contribution is -2.36. The van der Waals surface area contributed by atoms with E-state index >= 15 is 0 Å². The van der Waals surface area contributed by atoms with Crippen molar-refractivity contribution in [2.75, 3.05) is 18.5 Å². The molecule has 6 nitrogen and oxygen atoms in total. The molecular weight excluding hydrogens is 375 g/mol. The maximum Gasteiger partial charge on any atom is 0.314 e. The zero-order valence-corrected chi connectivity index (χ0v) is 16.5. The smallest absolute Gasteiger partial charge is 0.314 e. The first kappa shape index (κ1) is 22.1. The number of halogens is 1. The second-order valence-corrected chi connectivity index (χ2v) is 6.71. The Morgan fingerprint density at radius 1 is 1.00 bits per heavy atom. The van der Waals surface area contributed by atoms with Crippen molar-refractivity contribution >= 4 is 23.5 Å². The molecule has 2 N–H and O–H groups in total. The number of ether oxygens (including phenoxy) is 1. The number of carbonyl (C=O) groups is 3. The van der Waals surface area contributed by atoms with Gasteiger partial charge in [-0.15, -0.1) is 0 Å². The molecule has 2 rings (SSSR count). The quantitative estimate of drug-likeness (QED) is 0.633. The van der Waals surface area contributed by atoms with Crippen molar-refractivity contribution < 1.29 is 23.5 Å². The van der Waals surface area contributed by atoms with E-state index in [1.54, 1.807) is 0 Å². The average Bonchev–Trinajstić information content (AvgIpc) is 2.73. The van der Waals surface area contributed by atoms with E-state index in [4.69, 9.17) is 4.74 Å². The molecular formula is C22H25FN2O4. The van der Waals surface area contributed by atoms with Gasteiger partial charge in [-0.3, -0.25) is 14.4 Å². The molecule has 0 radical (unpaired) electrons. The fourth-order valence-electron chi connectivity index (χ4n) is 2.79. The van der Waals surface area contributed by atoms with Crippen molar-refractivity contribution in [3.63, 3.8) is 0 Å². The Morgan fingerprint density at radius 3 is 2.28 bits per heavy atom. The van der Waals surface area contributed by atoms with Crippen LogP contribution in [0.1, 0.15) is 31.7 Å². The molecule has 2 atom stereocenters. The molecule has 0 aliphatic rings. The first-order valence-corrected chi connectivity index (χ1v) is 9.44. The molecule has 0 saturated heterocycles. The van der Waals surface area contributed by atoms with Gasteiger partial charge in [-0.1, -0.05) is 50.6 Å². The summed E-state index contributed by atoms with van der Waals surface area (Å²) in [5.74, 6) is -2.35. The maximum absolute atomic E-state index is 12.9. The number of amides is 2. The van der Waals surface area contributed by atoms with Crippen LogP contribution in [0.2, 0.25) is 0 Å². The van der Waals surface area contributed by atoms with E-state index < -0.39 is 36.1 Å². The Morgan fingerprint density at radius 2 is 1.66 bits per heavy atom. The molecule has 2 amide bonds. The third-order valence-electron chi connectivity index (χ3n) is 4.55. The summed E-state index contributed by atoms with van der Waals surface area (Å²) in [6.07, 6.45) is 0.782. The van der Waals surface area contributed by atoms with Gasteiger partial charge in [-0.05, 0) is 35.7 Å². The molecule has 0 fully saturated rings. The van der Waals surface area contributed by atoms with Crippen LogP contribution in [0.15, 0.2) is 54.6 Å². The minimum absolute atomic E-state index is 0.0504. The molecule has 2 aromatic rings. The van der Waals surface area contributed by atoms with Gasteiger partial charge in [0.25, 0.3) is 5.91 Å². The minimum Gasteiger partial charge on any atom is -0.455 e. The molecule has 0 aliphatic heterocycles. The topological polar surface area (TPSA) is 84.5 Å². The van der Waals surface area contributed by atoms with Crippen molar-refractivity contribution in [2.24, 2.45) is 5.92 Å². The van der Waals surface area contributed by atoms with Gasteiger partial charge in [-0.2, -0.15) is 0 Å². The van der Waals surface area contributed by atoms with Crippen LogP contribution in [0.3, 0.4) is 0 Å². The molecule has 0 heterocycles. The van der Waals surface area contributed by atoms with Gasteiger partial charge >= 0.3 is 5.97 Å².